The van der Waals surface area contributed by atoms with E-state index in [1.807, 2.05) is 42.5 Å². The first-order chi connectivity index (χ1) is 19.9. The Hall–Kier alpha value is -5.00. The molecule has 0 saturated heterocycles. The van der Waals surface area contributed by atoms with Gasteiger partial charge < -0.3 is 20.1 Å². The summed E-state index contributed by atoms with van der Waals surface area (Å²) in [5.74, 6) is 1.68. The molecule has 1 spiro atoms. The van der Waals surface area contributed by atoms with Crippen LogP contribution in [0.4, 0.5) is 26.0 Å². The number of fused-ring (bicyclic) bond motifs is 3. The van der Waals surface area contributed by atoms with E-state index in [9.17, 15) is 13.6 Å². The van der Waals surface area contributed by atoms with Crippen LogP contribution in [0.1, 0.15) is 23.5 Å². The van der Waals surface area contributed by atoms with Crippen LogP contribution in [-0.4, -0.2) is 51.5 Å². The third-order valence-electron chi connectivity index (χ3n) is 7.90. The molecule has 2 aromatic carbocycles. The number of alkyl halides is 2. The van der Waals surface area contributed by atoms with Gasteiger partial charge in [0.2, 0.25) is 11.8 Å². The predicted molar refractivity (Wildman–Crippen MR) is 148 cm³/mol. The van der Waals surface area contributed by atoms with Crippen LogP contribution in [0.5, 0.6) is 11.6 Å². The van der Waals surface area contributed by atoms with Crippen molar-refractivity contribution in [1.82, 2.24) is 25.0 Å². The molecule has 0 unspecified atom stereocenters. The van der Waals surface area contributed by atoms with Gasteiger partial charge in [-0.25, -0.2) is 13.8 Å². The SMILES string of the molecule is COc1ccc2c(c1)[C@]1(C[C@H]1c1ccc3c(Nc4cc(-c5cnn(CC(F)F)c5)cnc4OC)n[nH]c3c1)C(=O)N2. The van der Waals surface area contributed by atoms with Crippen molar-refractivity contribution in [3.05, 3.63) is 72.2 Å². The first-order valence-electron chi connectivity index (χ1n) is 13.0. The van der Waals surface area contributed by atoms with E-state index in [0.29, 0.717) is 34.9 Å². The van der Waals surface area contributed by atoms with Crippen LogP contribution in [-0.2, 0) is 16.8 Å². The molecule has 208 valence electrons. The summed E-state index contributed by atoms with van der Waals surface area (Å²) in [5, 5.41) is 18.7. The molecule has 1 amide bonds. The van der Waals surface area contributed by atoms with Gasteiger partial charge in [0.05, 0.1) is 31.3 Å². The number of carbonyl (C=O) groups is 1. The number of H-pyrrole nitrogens is 1. The summed E-state index contributed by atoms with van der Waals surface area (Å²) in [6, 6.07) is 13.5. The average molecular weight is 558 g/mol. The van der Waals surface area contributed by atoms with Crippen LogP contribution in [0.3, 0.4) is 0 Å². The molecular weight excluding hydrogens is 532 g/mol. The number of methoxy groups -OCH3 is 2. The van der Waals surface area contributed by atoms with Crippen molar-refractivity contribution in [2.45, 2.75) is 30.7 Å². The number of ether oxygens (including phenoxy) is 2. The summed E-state index contributed by atoms with van der Waals surface area (Å²) in [4.78, 5) is 17.4. The van der Waals surface area contributed by atoms with Gasteiger partial charge in [-0.3, -0.25) is 14.6 Å². The standard InChI is InChI=1S/C29H25F2N7O3/c1-40-18-4-6-22-20(9-18)29(28(39)35-22)10-21(29)15-3-5-19-23(7-15)36-37-26(19)34-24-8-16(11-32-27(24)41-2)17-12-33-38(13-17)14-25(30)31/h3-9,11-13,21,25H,10,14H2,1-2H3,(H,35,39)(H2,34,36,37)/t21-,29-/m0/s1. The number of halogens is 2. The number of anilines is 3. The summed E-state index contributed by atoms with van der Waals surface area (Å²) < 4.78 is 37.6. The van der Waals surface area contributed by atoms with Crippen molar-refractivity contribution >= 4 is 34.0 Å². The number of amides is 1. The Morgan fingerprint density at radius 1 is 1.12 bits per heavy atom. The fourth-order valence-electron chi connectivity index (χ4n) is 5.79. The second-order valence-corrected chi connectivity index (χ2v) is 10.2. The Labute approximate surface area is 232 Å². The van der Waals surface area contributed by atoms with E-state index in [-0.39, 0.29) is 11.8 Å². The Balaban J connectivity index is 1.17. The number of rotatable bonds is 8. The van der Waals surface area contributed by atoms with Crippen molar-refractivity contribution in [3.8, 4) is 22.8 Å². The van der Waals surface area contributed by atoms with Crippen LogP contribution in [0, 0.1) is 0 Å². The summed E-state index contributed by atoms with van der Waals surface area (Å²) in [6.07, 6.45) is 2.89. The van der Waals surface area contributed by atoms with E-state index in [1.165, 1.54) is 18.0 Å². The van der Waals surface area contributed by atoms with Crippen LogP contribution >= 0.6 is 0 Å². The van der Waals surface area contributed by atoms with Crippen LogP contribution in [0.15, 0.2) is 61.1 Å². The maximum Gasteiger partial charge on any atom is 0.257 e. The maximum atomic E-state index is 13.1. The number of hydrogen-bond acceptors (Lipinski definition) is 7. The number of nitrogens with zero attached hydrogens (tertiary/aromatic N) is 4. The highest BCUT2D eigenvalue weighted by atomic mass is 19.3. The largest absolute Gasteiger partial charge is 0.497 e. The van der Waals surface area contributed by atoms with Gasteiger partial charge in [-0.15, -0.1) is 0 Å². The van der Waals surface area contributed by atoms with Crippen LogP contribution in [0.2, 0.25) is 0 Å². The zero-order valence-electron chi connectivity index (χ0n) is 22.1. The molecule has 3 aromatic heterocycles. The van der Waals surface area contributed by atoms with Gasteiger partial charge in [0, 0.05) is 40.5 Å². The smallest absolute Gasteiger partial charge is 0.257 e. The quantitative estimate of drug-likeness (QED) is 0.239. The number of carbonyl (C=O) groups excluding carboxylic acids is 1. The van der Waals surface area contributed by atoms with E-state index in [1.54, 1.807) is 19.5 Å². The molecule has 1 aliphatic carbocycles. The van der Waals surface area contributed by atoms with E-state index in [0.717, 1.165) is 33.5 Å². The molecular formula is C29H25F2N7O3. The first-order valence-corrected chi connectivity index (χ1v) is 13.0. The molecule has 0 radical (unpaired) electrons. The lowest BCUT2D eigenvalue weighted by molar-refractivity contribution is -0.118. The first kappa shape index (κ1) is 25.0. The Bertz CT molecular complexity index is 1820. The summed E-state index contributed by atoms with van der Waals surface area (Å²) in [6.45, 7) is -0.483. The number of benzene rings is 2. The fraction of sp³-hybridized carbons (Fsp3) is 0.241. The molecule has 12 heteroatoms. The lowest BCUT2D eigenvalue weighted by Gasteiger charge is -2.11. The number of pyridine rings is 1. The highest BCUT2D eigenvalue weighted by molar-refractivity contribution is 6.10. The third kappa shape index (κ3) is 4.05. The lowest BCUT2D eigenvalue weighted by atomic mass is 9.91. The zero-order valence-corrected chi connectivity index (χ0v) is 22.1. The Morgan fingerprint density at radius 3 is 2.80 bits per heavy atom. The Kier molecular flexibility index (Phi) is 5.66. The molecule has 41 heavy (non-hydrogen) atoms. The van der Waals surface area contributed by atoms with Gasteiger partial charge in [-0.1, -0.05) is 6.07 Å². The van der Waals surface area contributed by atoms with E-state index >= 15 is 0 Å². The van der Waals surface area contributed by atoms with Gasteiger partial charge >= 0.3 is 0 Å². The third-order valence-corrected chi connectivity index (χ3v) is 7.90. The van der Waals surface area contributed by atoms with Gasteiger partial charge in [-0.2, -0.15) is 10.2 Å². The van der Waals surface area contributed by atoms with Crippen molar-refractivity contribution in [3.63, 3.8) is 0 Å². The zero-order chi connectivity index (χ0) is 28.3. The monoisotopic (exact) mass is 557 g/mol. The maximum absolute atomic E-state index is 13.1. The van der Waals surface area contributed by atoms with Crippen LogP contribution in [0.25, 0.3) is 22.0 Å². The molecule has 4 heterocycles. The molecule has 1 fully saturated rings. The lowest BCUT2D eigenvalue weighted by Crippen LogP contribution is -2.21. The number of hydrogen-bond donors (Lipinski definition) is 3. The average Bonchev–Trinajstić information content (AvgIpc) is 3.19. The number of nitrogens with one attached hydrogen (secondary N) is 3. The second-order valence-electron chi connectivity index (χ2n) is 10.2. The van der Waals surface area contributed by atoms with E-state index in [2.05, 4.69) is 30.9 Å². The Morgan fingerprint density at radius 2 is 2.00 bits per heavy atom. The molecule has 1 saturated carbocycles. The number of aromatic nitrogens is 5. The second kappa shape index (κ2) is 9.29. The van der Waals surface area contributed by atoms with Crippen molar-refractivity contribution in [2.75, 3.05) is 24.9 Å². The molecule has 10 nitrogen and oxygen atoms in total. The summed E-state index contributed by atoms with van der Waals surface area (Å²) in [7, 11) is 3.13. The molecule has 1 aliphatic heterocycles. The van der Waals surface area contributed by atoms with Crippen molar-refractivity contribution < 1.29 is 23.0 Å². The van der Waals surface area contributed by atoms with Crippen LogP contribution < -0.4 is 20.1 Å². The van der Waals surface area contributed by atoms with Gasteiger partial charge in [0.15, 0.2) is 5.82 Å². The predicted octanol–water partition coefficient (Wildman–Crippen LogP) is 5.22. The molecule has 5 aromatic rings. The molecule has 7 rings (SSSR count). The minimum absolute atomic E-state index is 0.0112. The molecule has 2 aliphatic rings. The van der Waals surface area contributed by atoms with Gasteiger partial charge in [0.25, 0.3) is 6.43 Å². The normalized spacial score (nSPS) is 19.0. The number of aromatic amines is 1. The molecule has 0 bridgehead atoms. The highest BCUT2D eigenvalue weighted by Gasteiger charge is 2.65. The minimum atomic E-state index is -2.50. The van der Waals surface area contributed by atoms with E-state index < -0.39 is 18.4 Å². The van der Waals surface area contributed by atoms with E-state index in [4.69, 9.17) is 9.47 Å². The molecule has 3 N–H and O–H groups in total. The highest BCUT2D eigenvalue weighted by Crippen LogP contribution is 2.65. The fourth-order valence-corrected chi connectivity index (χ4v) is 5.79. The summed E-state index contributed by atoms with van der Waals surface area (Å²) >= 11 is 0. The molecule has 2 atom stereocenters. The van der Waals surface area contributed by atoms with Gasteiger partial charge in [-0.05, 0) is 53.9 Å². The van der Waals surface area contributed by atoms with Crippen molar-refractivity contribution in [1.29, 1.82) is 0 Å². The minimum Gasteiger partial charge on any atom is -0.497 e. The topological polar surface area (TPSA) is 119 Å². The summed E-state index contributed by atoms with van der Waals surface area (Å²) in [5.41, 5.74) is 4.94. The van der Waals surface area contributed by atoms with Crippen molar-refractivity contribution in [2.24, 2.45) is 0 Å². The van der Waals surface area contributed by atoms with Gasteiger partial charge in [0.1, 0.15) is 18.0 Å².